The normalized spacial score (nSPS) is 18.1. The van der Waals surface area contributed by atoms with Crippen LogP contribution < -0.4 is 10.0 Å². The van der Waals surface area contributed by atoms with Crippen LogP contribution in [0.5, 0.6) is 0 Å². The van der Waals surface area contributed by atoms with E-state index in [1.165, 1.54) is 12.4 Å². The van der Waals surface area contributed by atoms with Gasteiger partial charge in [0.25, 0.3) is 0 Å². The molecule has 1 aliphatic rings. The third-order valence-corrected chi connectivity index (χ3v) is 4.95. The molecule has 8 heteroatoms. The highest BCUT2D eigenvalue weighted by molar-refractivity contribution is 7.89. The summed E-state index contributed by atoms with van der Waals surface area (Å²) in [5.74, 6) is 0. The molecule has 1 unspecified atom stereocenters. The maximum absolute atomic E-state index is 12.2. The lowest BCUT2D eigenvalue weighted by Crippen LogP contribution is -2.37. The lowest BCUT2D eigenvalue weighted by molar-refractivity contribution is 0.552. The maximum atomic E-state index is 12.2. The van der Waals surface area contributed by atoms with Crippen LogP contribution in [0.3, 0.4) is 0 Å². The first-order valence-corrected chi connectivity index (χ1v) is 8.47. The number of benzene rings is 1. The fourth-order valence-electron chi connectivity index (χ4n) is 2.39. The molecule has 0 bridgehead atoms. The van der Waals surface area contributed by atoms with E-state index in [0.717, 1.165) is 25.1 Å². The Bertz CT molecular complexity index is 697. The molecule has 1 atom stereocenters. The number of rotatable bonds is 5. The van der Waals surface area contributed by atoms with Gasteiger partial charge in [0.2, 0.25) is 10.0 Å². The van der Waals surface area contributed by atoms with E-state index in [2.05, 4.69) is 15.1 Å². The van der Waals surface area contributed by atoms with Gasteiger partial charge in [0.15, 0.2) is 0 Å². The van der Waals surface area contributed by atoms with Gasteiger partial charge in [-0.25, -0.2) is 17.8 Å². The van der Waals surface area contributed by atoms with Crippen molar-refractivity contribution in [1.29, 1.82) is 0 Å². The summed E-state index contributed by atoms with van der Waals surface area (Å²) in [4.78, 5) is 0.185. The molecule has 6 nitrogen and oxygen atoms in total. The number of para-hydroxylation sites is 1. The fraction of sp³-hybridized carbons (Fsp3) is 0.357. The highest BCUT2D eigenvalue weighted by Crippen LogP contribution is 2.12. The Morgan fingerprint density at radius 2 is 2.09 bits per heavy atom. The van der Waals surface area contributed by atoms with Crippen molar-refractivity contribution in [3.63, 3.8) is 0 Å². The van der Waals surface area contributed by atoms with E-state index in [1.54, 1.807) is 4.68 Å². The number of nitrogens with zero attached hydrogens (tertiary/aromatic N) is 2. The molecule has 22 heavy (non-hydrogen) atoms. The van der Waals surface area contributed by atoms with Crippen molar-refractivity contribution in [1.82, 2.24) is 19.8 Å². The summed E-state index contributed by atoms with van der Waals surface area (Å²) in [5.41, 5.74) is 0.830. The largest absolute Gasteiger partial charge is 0.313 e. The molecule has 0 aliphatic carbocycles. The van der Waals surface area contributed by atoms with Gasteiger partial charge in [-0.15, -0.1) is 12.4 Å². The van der Waals surface area contributed by atoms with Gasteiger partial charge in [0.1, 0.15) is 4.90 Å². The van der Waals surface area contributed by atoms with Crippen molar-refractivity contribution < 1.29 is 8.42 Å². The van der Waals surface area contributed by atoms with Crippen molar-refractivity contribution in [2.45, 2.75) is 23.8 Å². The highest BCUT2D eigenvalue weighted by atomic mass is 35.5. The van der Waals surface area contributed by atoms with Crippen LogP contribution in [0.25, 0.3) is 5.69 Å². The SMILES string of the molecule is Cl.O=S(=O)(NCC1CCCN1)c1cnn(-c2ccccc2)c1. The molecule has 0 saturated carbocycles. The molecular weight excluding hydrogens is 324 g/mol. The van der Waals surface area contributed by atoms with Gasteiger partial charge in [-0.1, -0.05) is 18.2 Å². The van der Waals surface area contributed by atoms with Crippen LogP contribution in [-0.2, 0) is 10.0 Å². The van der Waals surface area contributed by atoms with Crippen molar-refractivity contribution >= 4 is 22.4 Å². The first-order valence-electron chi connectivity index (χ1n) is 6.98. The van der Waals surface area contributed by atoms with E-state index in [1.807, 2.05) is 30.3 Å². The van der Waals surface area contributed by atoms with Crippen molar-refractivity contribution in [3.05, 3.63) is 42.7 Å². The van der Waals surface area contributed by atoms with Gasteiger partial charge in [-0.2, -0.15) is 5.10 Å². The third kappa shape index (κ3) is 3.86. The fourth-order valence-corrected chi connectivity index (χ4v) is 3.40. The van der Waals surface area contributed by atoms with Gasteiger partial charge in [0, 0.05) is 12.6 Å². The predicted molar refractivity (Wildman–Crippen MR) is 87.0 cm³/mol. The van der Waals surface area contributed by atoms with E-state index < -0.39 is 10.0 Å². The zero-order valence-corrected chi connectivity index (χ0v) is 13.6. The third-order valence-electron chi connectivity index (χ3n) is 3.57. The van der Waals surface area contributed by atoms with E-state index in [0.29, 0.717) is 6.54 Å². The second-order valence-electron chi connectivity index (χ2n) is 5.10. The number of halogens is 1. The number of aromatic nitrogens is 2. The van der Waals surface area contributed by atoms with E-state index >= 15 is 0 Å². The number of hydrogen-bond donors (Lipinski definition) is 2. The molecular formula is C14H19ClN4O2S. The average Bonchev–Trinajstić information content (AvgIpc) is 3.18. The minimum Gasteiger partial charge on any atom is -0.313 e. The number of nitrogens with one attached hydrogen (secondary N) is 2. The molecule has 2 N–H and O–H groups in total. The van der Waals surface area contributed by atoms with Crippen LogP contribution in [-0.4, -0.2) is 37.3 Å². The standard InChI is InChI=1S/C14H18N4O2S.ClH/c19-21(20,17-9-12-5-4-8-15-12)14-10-16-18(11-14)13-6-2-1-3-7-13;/h1-3,6-7,10-12,15,17H,4-5,8-9H2;1H. The molecule has 3 rings (SSSR count). The summed E-state index contributed by atoms with van der Waals surface area (Å²) in [6, 6.07) is 9.65. The zero-order chi connectivity index (χ0) is 14.7. The summed E-state index contributed by atoms with van der Waals surface area (Å²) in [6.07, 6.45) is 5.00. The Kier molecular flexibility index (Phi) is 5.57. The van der Waals surface area contributed by atoms with Crippen molar-refractivity contribution in [2.24, 2.45) is 0 Å². The Hall–Kier alpha value is -1.41. The first kappa shape index (κ1) is 17.0. The molecule has 1 aliphatic heterocycles. The maximum Gasteiger partial charge on any atom is 0.243 e. The summed E-state index contributed by atoms with van der Waals surface area (Å²) >= 11 is 0. The van der Waals surface area contributed by atoms with Gasteiger partial charge in [-0.05, 0) is 31.5 Å². The molecule has 1 fully saturated rings. The Morgan fingerprint density at radius 3 is 2.77 bits per heavy atom. The molecule has 0 radical (unpaired) electrons. The number of hydrogen-bond acceptors (Lipinski definition) is 4. The molecule has 0 spiro atoms. The predicted octanol–water partition coefficient (Wildman–Crippen LogP) is 1.32. The smallest absolute Gasteiger partial charge is 0.243 e. The zero-order valence-electron chi connectivity index (χ0n) is 12.0. The molecule has 2 heterocycles. The molecule has 1 aromatic carbocycles. The van der Waals surface area contributed by atoms with Crippen molar-refractivity contribution in [2.75, 3.05) is 13.1 Å². The first-order chi connectivity index (χ1) is 10.1. The van der Waals surface area contributed by atoms with Crippen LogP contribution in [0.4, 0.5) is 0 Å². The van der Waals surface area contributed by atoms with E-state index in [9.17, 15) is 8.42 Å². The van der Waals surface area contributed by atoms with Crippen LogP contribution in [0.15, 0.2) is 47.6 Å². The summed E-state index contributed by atoms with van der Waals surface area (Å²) < 4.78 is 28.7. The summed E-state index contributed by atoms with van der Waals surface area (Å²) in [7, 11) is -3.51. The quantitative estimate of drug-likeness (QED) is 0.859. The van der Waals surface area contributed by atoms with Gasteiger partial charge in [-0.3, -0.25) is 0 Å². The summed E-state index contributed by atoms with van der Waals surface area (Å²) in [6.45, 7) is 1.37. The Balaban J connectivity index is 0.00000176. The second-order valence-corrected chi connectivity index (χ2v) is 6.87. The van der Waals surface area contributed by atoms with Crippen LogP contribution in [0.2, 0.25) is 0 Å². The molecule has 1 saturated heterocycles. The van der Waals surface area contributed by atoms with E-state index in [-0.39, 0.29) is 23.3 Å². The second kappa shape index (κ2) is 7.23. The summed E-state index contributed by atoms with van der Waals surface area (Å²) in [5, 5.41) is 7.38. The molecule has 1 aromatic heterocycles. The minimum absolute atomic E-state index is 0. The average molecular weight is 343 g/mol. The van der Waals surface area contributed by atoms with Crippen LogP contribution in [0, 0.1) is 0 Å². The van der Waals surface area contributed by atoms with Crippen molar-refractivity contribution in [3.8, 4) is 5.69 Å². The molecule has 2 aromatic rings. The molecule has 120 valence electrons. The highest BCUT2D eigenvalue weighted by Gasteiger charge is 2.20. The lowest BCUT2D eigenvalue weighted by Gasteiger charge is -2.10. The number of sulfonamides is 1. The van der Waals surface area contributed by atoms with Gasteiger partial charge < -0.3 is 5.32 Å². The van der Waals surface area contributed by atoms with Gasteiger partial charge in [0.05, 0.1) is 18.1 Å². The lowest BCUT2D eigenvalue weighted by atomic mass is 10.2. The molecule has 0 amide bonds. The topological polar surface area (TPSA) is 76.0 Å². The van der Waals surface area contributed by atoms with Crippen LogP contribution >= 0.6 is 12.4 Å². The van der Waals surface area contributed by atoms with E-state index in [4.69, 9.17) is 0 Å². The monoisotopic (exact) mass is 342 g/mol. The Morgan fingerprint density at radius 1 is 1.32 bits per heavy atom. The minimum atomic E-state index is -3.51. The van der Waals surface area contributed by atoms with Crippen LogP contribution in [0.1, 0.15) is 12.8 Å². The van der Waals surface area contributed by atoms with Gasteiger partial charge >= 0.3 is 0 Å². The Labute approximate surface area is 136 Å².